The molecule has 1 aliphatic rings. The number of ether oxygens (including phenoxy) is 1. The Labute approximate surface area is 75.3 Å². The van der Waals surface area contributed by atoms with E-state index in [0.717, 1.165) is 5.56 Å². The maximum absolute atomic E-state index is 12.6. The van der Waals surface area contributed by atoms with Gasteiger partial charge in [-0.15, -0.1) is 0 Å². The summed E-state index contributed by atoms with van der Waals surface area (Å²) in [6.07, 6.45) is 0.408. The molecule has 0 saturated carbocycles. The number of carbonyl (C=O) groups is 1. The van der Waals surface area contributed by atoms with Crippen LogP contribution in [0.4, 0.5) is 4.39 Å². The van der Waals surface area contributed by atoms with Crippen molar-refractivity contribution in [3.63, 3.8) is 0 Å². The Morgan fingerprint density at radius 2 is 2.00 bits per heavy atom. The Morgan fingerprint density at radius 1 is 1.31 bits per heavy atom. The van der Waals surface area contributed by atoms with Gasteiger partial charge in [-0.2, -0.15) is 0 Å². The monoisotopic (exact) mass is 180 g/mol. The summed E-state index contributed by atoms with van der Waals surface area (Å²) in [5.74, 6) is -0.323. The van der Waals surface area contributed by atoms with Crippen molar-refractivity contribution in [2.75, 3.05) is 6.61 Å². The van der Waals surface area contributed by atoms with Gasteiger partial charge in [-0.3, -0.25) is 4.79 Å². The van der Waals surface area contributed by atoms with Crippen molar-refractivity contribution in [3.05, 3.63) is 35.6 Å². The lowest BCUT2D eigenvalue weighted by Gasteiger charge is -2.04. The number of halogens is 1. The summed E-state index contributed by atoms with van der Waals surface area (Å²) in [7, 11) is 0. The van der Waals surface area contributed by atoms with E-state index in [2.05, 4.69) is 0 Å². The summed E-state index contributed by atoms with van der Waals surface area (Å²) in [5, 5.41) is 0. The Hall–Kier alpha value is -1.38. The molecule has 0 N–H and O–H groups in total. The van der Waals surface area contributed by atoms with Crippen molar-refractivity contribution in [1.29, 1.82) is 0 Å². The van der Waals surface area contributed by atoms with Gasteiger partial charge in [0.2, 0.25) is 0 Å². The number of hydrogen-bond donors (Lipinski definition) is 0. The molecule has 68 valence electrons. The molecule has 1 atom stereocenters. The van der Waals surface area contributed by atoms with Crippen LogP contribution in [0.25, 0.3) is 0 Å². The smallest absolute Gasteiger partial charge is 0.306 e. The second-order valence-electron chi connectivity index (χ2n) is 3.14. The highest BCUT2D eigenvalue weighted by Crippen LogP contribution is 2.25. The number of benzene rings is 1. The van der Waals surface area contributed by atoms with Gasteiger partial charge >= 0.3 is 5.97 Å². The normalized spacial score (nSPS) is 21.6. The van der Waals surface area contributed by atoms with Crippen molar-refractivity contribution in [2.24, 2.45) is 0 Å². The van der Waals surface area contributed by atoms with Gasteiger partial charge in [0.25, 0.3) is 0 Å². The first kappa shape index (κ1) is 8.23. The minimum Gasteiger partial charge on any atom is -0.465 e. The van der Waals surface area contributed by atoms with Crippen LogP contribution in [-0.2, 0) is 9.53 Å². The first-order chi connectivity index (χ1) is 6.25. The van der Waals surface area contributed by atoms with Crippen molar-refractivity contribution in [3.8, 4) is 0 Å². The van der Waals surface area contributed by atoms with E-state index >= 15 is 0 Å². The zero-order chi connectivity index (χ0) is 9.26. The summed E-state index contributed by atoms with van der Waals surface area (Å²) in [4.78, 5) is 10.8. The molecule has 0 bridgehead atoms. The summed E-state index contributed by atoms with van der Waals surface area (Å²) < 4.78 is 17.4. The molecule has 1 aromatic rings. The quantitative estimate of drug-likeness (QED) is 0.616. The standard InChI is InChI=1S/C10H9FO2/c11-9-3-1-7(2-4-9)8-5-10(12)13-6-8/h1-4,8H,5-6H2/t8-/m0/s1. The third-order valence-corrected chi connectivity index (χ3v) is 2.20. The van der Waals surface area contributed by atoms with Gasteiger partial charge in [-0.1, -0.05) is 12.1 Å². The molecule has 1 heterocycles. The van der Waals surface area contributed by atoms with Crippen LogP contribution in [0.1, 0.15) is 17.9 Å². The highest BCUT2D eigenvalue weighted by molar-refractivity contribution is 5.72. The number of hydrogen-bond acceptors (Lipinski definition) is 2. The minimum atomic E-state index is -0.256. The van der Waals surface area contributed by atoms with E-state index in [1.807, 2.05) is 0 Å². The van der Waals surface area contributed by atoms with Gasteiger partial charge < -0.3 is 4.74 Å². The van der Waals surface area contributed by atoms with Gasteiger partial charge in [0.15, 0.2) is 0 Å². The first-order valence-corrected chi connectivity index (χ1v) is 4.17. The average molecular weight is 180 g/mol. The van der Waals surface area contributed by atoms with Crippen molar-refractivity contribution in [1.82, 2.24) is 0 Å². The highest BCUT2D eigenvalue weighted by atomic mass is 19.1. The maximum Gasteiger partial charge on any atom is 0.306 e. The molecule has 1 aromatic carbocycles. The van der Waals surface area contributed by atoms with E-state index in [0.29, 0.717) is 13.0 Å². The SMILES string of the molecule is O=C1C[C@H](c2ccc(F)cc2)CO1. The minimum absolute atomic E-state index is 0.105. The van der Waals surface area contributed by atoms with Crippen molar-refractivity contribution < 1.29 is 13.9 Å². The molecule has 1 fully saturated rings. The largest absolute Gasteiger partial charge is 0.465 e. The molecule has 1 saturated heterocycles. The van der Waals surface area contributed by atoms with Crippen LogP contribution in [0.2, 0.25) is 0 Å². The Morgan fingerprint density at radius 3 is 2.54 bits per heavy atom. The van der Waals surface area contributed by atoms with E-state index in [1.54, 1.807) is 12.1 Å². The van der Waals surface area contributed by atoms with Crippen molar-refractivity contribution in [2.45, 2.75) is 12.3 Å². The van der Waals surface area contributed by atoms with E-state index < -0.39 is 0 Å². The van der Waals surface area contributed by atoms with Gasteiger partial charge in [-0.25, -0.2) is 4.39 Å². The van der Waals surface area contributed by atoms with Crippen LogP contribution in [-0.4, -0.2) is 12.6 Å². The second-order valence-corrected chi connectivity index (χ2v) is 3.14. The summed E-state index contributed by atoms with van der Waals surface area (Å²) in [5.41, 5.74) is 0.965. The second kappa shape index (κ2) is 3.17. The number of esters is 1. The van der Waals surface area contributed by atoms with Crippen LogP contribution in [0.5, 0.6) is 0 Å². The van der Waals surface area contributed by atoms with Gasteiger partial charge in [0.1, 0.15) is 5.82 Å². The molecule has 0 amide bonds. The van der Waals surface area contributed by atoms with Gasteiger partial charge in [0.05, 0.1) is 13.0 Å². The lowest BCUT2D eigenvalue weighted by molar-refractivity contribution is -0.137. The third kappa shape index (κ3) is 1.69. The van der Waals surface area contributed by atoms with E-state index in [9.17, 15) is 9.18 Å². The Balaban J connectivity index is 2.17. The molecule has 1 aliphatic heterocycles. The van der Waals surface area contributed by atoms with Crippen LogP contribution in [0.3, 0.4) is 0 Å². The molecule has 0 spiro atoms. The zero-order valence-electron chi connectivity index (χ0n) is 7.00. The van der Waals surface area contributed by atoms with Crippen molar-refractivity contribution >= 4 is 5.97 Å². The average Bonchev–Trinajstić information content (AvgIpc) is 2.53. The fourth-order valence-corrected chi connectivity index (χ4v) is 1.46. The van der Waals surface area contributed by atoms with Crippen LogP contribution in [0, 0.1) is 5.82 Å². The zero-order valence-corrected chi connectivity index (χ0v) is 7.00. The van der Waals surface area contributed by atoms with E-state index in [-0.39, 0.29) is 17.7 Å². The Kier molecular flexibility index (Phi) is 2.00. The molecular weight excluding hydrogens is 171 g/mol. The first-order valence-electron chi connectivity index (χ1n) is 4.17. The molecule has 2 rings (SSSR count). The summed E-state index contributed by atoms with van der Waals surface area (Å²) in [6, 6.07) is 6.19. The summed E-state index contributed by atoms with van der Waals surface area (Å²) in [6.45, 7) is 0.421. The molecule has 0 unspecified atom stereocenters. The molecule has 2 nitrogen and oxygen atoms in total. The molecule has 13 heavy (non-hydrogen) atoms. The lowest BCUT2D eigenvalue weighted by Crippen LogP contribution is -1.96. The highest BCUT2D eigenvalue weighted by Gasteiger charge is 2.24. The maximum atomic E-state index is 12.6. The van der Waals surface area contributed by atoms with Gasteiger partial charge in [-0.05, 0) is 17.7 Å². The lowest BCUT2D eigenvalue weighted by atomic mass is 9.99. The molecular formula is C10H9FO2. The number of cyclic esters (lactones) is 1. The van der Waals surface area contributed by atoms with Crippen LogP contribution in [0.15, 0.2) is 24.3 Å². The van der Waals surface area contributed by atoms with E-state index in [4.69, 9.17) is 4.74 Å². The number of carbonyl (C=O) groups excluding carboxylic acids is 1. The number of rotatable bonds is 1. The van der Waals surface area contributed by atoms with E-state index in [1.165, 1.54) is 12.1 Å². The molecule has 3 heteroatoms. The predicted molar refractivity (Wildman–Crippen MR) is 44.7 cm³/mol. The van der Waals surface area contributed by atoms with Gasteiger partial charge in [0, 0.05) is 5.92 Å². The van der Waals surface area contributed by atoms with Crippen LogP contribution < -0.4 is 0 Å². The molecule has 0 aromatic heterocycles. The molecule has 0 radical (unpaired) electrons. The topological polar surface area (TPSA) is 26.3 Å². The fourth-order valence-electron chi connectivity index (χ4n) is 1.46. The predicted octanol–water partition coefficient (Wildman–Crippen LogP) is 1.86. The third-order valence-electron chi connectivity index (χ3n) is 2.20. The fraction of sp³-hybridized carbons (Fsp3) is 0.300. The van der Waals surface area contributed by atoms with Crippen LogP contribution >= 0.6 is 0 Å². The molecule has 0 aliphatic carbocycles. The Bertz CT molecular complexity index is 318. The summed E-state index contributed by atoms with van der Waals surface area (Å²) >= 11 is 0.